The second kappa shape index (κ2) is 4.53. The lowest BCUT2D eigenvalue weighted by Crippen LogP contribution is -2.54. The van der Waals surface area contributed by atoms with Gasteiger partial charge in [-0.15, -0.1) is 0 Å². The summed E-state index contributed by atoms with van der Waals surface area (Å²) in [6.45, 7) is 4.47. The van der Waals surface area contributed by atoms with E-state index in [2.05, 4.69) is 6.92 Å². The van der Waals surface area contributed by atoms with Crippen LogP contribution in [-0.2, 0) is 4.74 Å². The van der Waals surface area contributed by atoms with Crippen molar-refractivity contribution in [2.45, 2.75) is 95.0 Å². The monoisotopic (exact) mass is 320 g/mol. The molecule has 0 unspecified atom stereocenters. The SMILES string of the molecule is C[C@H](O)[C@H]1CC[C@H]2[C@@H]3CC[C@@]45C[C@@H](O)CC[C@@]4(O5)[C@H]3CC[C@]12C. The molecule has 0 aromatic heterocycles. The highest BCUT2D eigenvalue weighted by Crippen LogP contribution is 2.74. The molecule has 23 heavy (non-hydrogen) atoms. The fraction of sp³-hybridized carbons (Fsp3) is 1.00. The Kier molecular flexibility index (Phi) is 2.99. The van der Waals surface area contributed by atoms with Crippen molar-refractivity contribution < 1.29 is 14.9 Å². The summed E-state index contributed by atoms with van der Waals surface area (Å²) in [7, 11) is 0. The average molecular weight is 320 g/mol. The van der Waals surface area contributed by atoms with Crippen LogP contribution in [-0.4, -0.2) is 33.6 Å². The van der Waals surface area contributed by atoms with Crippen molar-refractivity contribution in [2.24, 2.45) is 29.1 Å². The molecule has 0 radical (unpaired) electrons. The van der Waals surface area contributed by atoms with Gasteiger partial charge in [0.05, 0.1) is 12.2 Å². The van der Waals surface area contributed by atoms with Crippen LogP contribution < -0.4 is 0 Å². The fourth-order valence-corrected chi connectivity index (χ4v) is 8.15. The second-order valence-electron chi connectivity index (χ2n) is 9.77. The summed E-state index contributed by atoms with van der Waals surface area (Å²) < 4.78 is 6.50. The number of ether oxygens (including phenoxy) is 1. The lowest BCUT2D eigenvalue weighted by Gasteiger charge is -2.54. The van der Waals surface area contributed by atoms with Gasteiger partial charge in [-0.2, -0.15) is 0 Å². The van der Waals surface area contributed by atoms with Gasteiger partial charge in [0.25, 0.3) is 0 Å². The highest BCUT2D eigenvalue weighted by molar-refractivity contribution is 5.26. The van der Waals surface area contributed by atoms with Crippen molar-refractivity contribution in [3.05, 3.63) is 0 Å². The minimum atomic E-state index is -0.163. The molecule has 4 saturated carbocycles. The number of rotatable bonds is 1. The molecule has 9 atom stereocenters. The molecule has 0 amide bonds. The predicted octanol–water partition coefficient (Wildman–Crippen LogP) is 3.27. The highest BCUT2D eigenvalue weighted by atomic mass is 16.6. The van der Waals surface area contributed by atoms with Crippen LogP contribution in [0.4, 0.5) is 0 Å². The Labute approximate surface area is 139 Å². The summed E-state index contributed by atoms with van der Waals surface area (Å²) in [5.74, 6) is 2.79. The van der Waals surface area contributed by atoms with Crippen molar-refractivity contribution in [2.75, 3.05) is 0 Å². The summed E-state index contributed by atoms with van der Waals surface area (Å²) in [5, 5.41) is 20.4. The summed E-state index contributed by atoms with van der Waals surface area (Å²) in [4.78, 5) is 0. The normalized spacial score (nSPS) is 61.8. The zero-order valence-electron chi connectivity index (χ0n) is 14.6. The summed E-state index contributed by atoms with van der Waals surface area (Å²) in [5.41, 5.74) is 0.510. The van der Waals surface area contributed by atoms with Gasteiger partial charge in [-0.3, -0.25) is 0 Å². The van der Waals surface area contributed by atoms with Crippen LogP contribution in [0, 0.1) is 29.1 Å². The number of epoxide rings is 1. The van der Waals surface area contributed by atoms with Gasteiger partial charge < -0.3 is 14.9 Å². The van der Waals surface area contributed by atoms with E-state index in [0.717, 1.165) is 43.4 Å². The topological polar surface area (TPSA) is 53.0 Å². The molecule has 0 aromatic carbocycles. The van der Waals surface area contributed by atoms with E-state index in [0.29, 0.717) is 11.3 Å². The van der Waals surface area contributed by atoms with Gasteiger partial charge in [0.15, 0.2) is 0 Å². The fourth-order valence-electron chi connectivity index (χ4n) is 8.15. The molecule has 5 fully saturated rings. The minimum absolute atomic E-state index is 0.0435. The van der Waals surface area contributed by atoms with E-state index in [1.54, 1.807) is 0 Å². The number of hydrogen-bond donors (Lipinski definition) is 2. The standard InChI is InChI=1S/C20H32O3/c1-12(21)15-3-4-16-14-6-9-19-11-13(22)5-10-20(19,23-19)17(14)7-8-18(15,16)2/h12-17,21-22H,3-11H2,1-2H3/t12-,13-,14-,15+,16-,17-,18+,19+,20+/m0/s1. The highest BCUT2D eigenvalue weighted by Gasteiger charge is 2.78. The maximum Gasteiger partial charge on any atom is 0.101 e. The van der Waals surface area contributed by atoms with Crippen LogP contribution in [0.5, 0.6) is 0 Å². The third kappa shape index (κ3) is 1.72. The molecule has 3 heteroatoms. The van der Waals surface area contributed by atoms with Crippen LogP contribution in [0.2, 0.25) is 0 Å². The average Bonchev–Trinajstić information content (AvgIpc) is 3.05. The van der Waals surface area contributed by atoms with Gasteiger partial charge in [0.2, 0.25) is 0 Å². The zero-order chi connectivity index (χ0) is 16.0. The molecule has 130 valence electrons. The van der Waals surface area contributed by atoms with Crippen molar-refractivity contribution in [1.82, 2.24) is 0 Å². The molecule has 5 rings (SSSR count). The van der Waals surface area contributed by atoms with E-state index in [9.17, 15) is 10.2 Å². The number of hydrogen-bond acceptors (Lipinski definition) is 3. The van der Waals surface area contributed by atoms with Gasteiger partial charge in [-0.1, -0.05) is 6.92 Å². The third-order valence-electron chi connectivity index (χ3n) is 9.09. The molecule has 2 N–H and O–H groups in total. The van der Waals surface area contributed by atoms with Crippen molar-refractivity contribution in [3.63, 3.8) is 0 Å². The first kappa shape index (κ1) is 15.2. The van der Waals surface area contributed by atoms with Crippen LogP contribution in [0.25, 0.3) is 0 Å². The zero-order valence-corrected chi connectivity index (χ0v) is 14.6. The first-order valence-electron chi connectivity index (χ1n) is 9.98. The van der Waals surface area contributed by atoms with Gasteiger partial charge in [-0.05, 0) is 87.4 Å². The Morgan fingerprint density at radius 3 is 2.61 bits per heavy atom. The Hall–Kier alpha value is -0.120. The molecule has 5 aliphatic rings. The molecular formula is C20H32O3. The van der Waals surface area contributed by atoms with Gasteiger partial charge >= 0.3 is 0 Å². The van der Waals surface area contributed by atoms with Crippen molar-refractivity contribution >= 4 is 0 Å². The first-order valence-corrected chi connectivity index (χ1v) is 9.98. The Balaban J connectivity index is 1.45. The van der Waals surface area contributed by atoms with Gasteiger partial charge in [0.1, 0.15) is 11.2 Å². The molecular weight excluding hydrogens is 288 g/mol. The molecule has 1 aliphatic heterocycles. The molecule has 0 bridgehead atoms. The number of aliphatic hydroxyl groups excluding tert-OH is 2. The smallest absolute Gasteiger partial charge is 0.101 e. The second-order valence-corrected chi connectivity index (χ2v) is 9.77. The molecule has 4 aliphatic carbocycles. The quantitative estimate of drug-likeness (QED) is 0.729. The predicted molar refractivity (Wildman–Crippen MR) is 87.9 cm³/mol. The van der Waals surface area contributed by atoms with E-state index in [4.69, 9.17) is 4.74 Å². The van der Waals surface area contributed by atoms with Gasteiger partial charge in [-0.25, -0.2) is 0 Å². The largest absolute Gasteiger partial charge is 0.393 e. The van der Waals surface area contributed by atoms with Crippen LogP contribution >= 0.6 is 0 Å². The maximum absolute atomic E-state index is 10.3. The van der Waals surface area contributed by atoms with E-state index >= 15 is 0 Å². The van der Waals surface area contributed by atoms with Crippen LogP contribution in [0.3, 0.4) is 0 Å². The van der Waals surface area contributed by atoms with E-state index in [-0.39, 0.29) is 23.4 Å². The lowest BCUT2D eigenvalue weighted by atomic mass is 9.49. The molecule has 1 saturated heterocycles. The number of fused-ring (bicyclic) bond motifs is 3. The number of aliphatic hydroxyl groups is 2. The summed E-state index contributed by atoms with van der Waals surface area (Å²) >= 11 is 0. The Morgan fingerprint density at radius 2 is 1.83 bits per heavy atom. The Morgan fingerprint density at radius 1 is 1.00 bits per heavy atom. The minimum Gasteiger partial charge on any atom is -0.393 e. The van der Waals surface area contributed by atoms with E-state index in [1.807, 2.05) is 6.92 Å². The molecule has 0 spiro atoms. The summed E-state index contributed by atoms with van der Waals surface area (Å²) in [6.07, 6.45) is 10.1. The maximum atomic E-state index is 10.3. The van der Waals surface area contributed by atoms with Crippen LogP contribution in [0.1, 0.15) is 71.6 Å². The van der Waals surface area contributed by atoms with E-state index in [1.165, 1.54) is 32.1 Å². The summed E-state index contributed by atoms with van der Waals surface area (Å²) in [6, 6.07) is 0. The van der Waals surface area contributed by atoms with Gasteiger partial charge in [0, 0.05) is 6.42 Å². The third-order valence-corrected chi connectivity index (χ3v) is 9.09. The van der Waals surface area contributed by atoms with E-state index < -0.39 is 0 Å². The lowest BCUT2D eigenvalue weighted by molar-refractivity contribution is -0.0629. The van der Waals surface area contributed by atoms with Crippen molar-refractivity contribution in [3.8, 4) is 0 Å². The van der Waals surface area contributed by atoms with Crippen LogP contribution in [0.15, 0.2) is 0 Å². The molecule has 1 heterocycles. The molecule has 3 nitrogen and oxygen atoms in total. The van der Waals surface area contributed by atoms with Crippen molar-refractivity contribution in [1.29, 1.82) is 0 Å². The Bertz CT molecular complexity index is 515. The first-order chi connectivity index (χ1) is 10.9. The molecule has 0 aromatic rings.